The van der Waals surface area contributed by atoms with Crippen LogP contribution in [0.15, 0.2) is 48.8 Å². The highest BCUT2D eigenvalue weighted by atomic mass is 16.6. The zero-order valence-corrected chi connectivity index (χ0v) is 14.8. The number of rotatable bonds is 4. The summed E-state index contributed by atoms with van der Waals surface area (Å²) < 4.78 is 0. The normalized spacial score (nSPS) is 15.2. The third kappa shape index (κ3) is 3.40. The van der Waals surface area contributed by atoms with E-state index in [-0.39, 0.29) is 18.0 Å². The van der Waals surface area contributed by atoms with Crippen LogP contribution in [0.2, 0.25) is 0 Å². The van der Waals surface area contributed by atoms with Crippen LogP contribution >= 0.6 is 0 Å². The summed E-state index contributed by atoms with van der Waals surface area (Å²) >= 11 is 0. The first-order valence-electron chi connectivity index (χ1n) is 9.05. The molecular weight excluding hydrogens is 344 g/mol. The summed E-state index contributed by atoms with van der Waals surface area (Å²) in [6.45, 7) is 1.33. The van der Waals surface area contributed by atoms with Gasteiger partial charge in [-0.2, -0.15) is 0 Å². The van der Waals surface area contributed by atoms with Gasteiger partial charge in [0.05, 0.1) is 11.3 Å². The third-order valence-corrected chi connectivity index (χ3v) is 5.30. The smallest absolute Gasteiger partial charge is 0.273 e. The summed E-state index contributed by atoms with van der Waals surface area (Å²) in [6.07, 6.45) is 5.62. The number of pyridine rings is 1. The molecular formula is C20H20N4O3. The van der Waals surface area contributed by atoms with Crippen molar-refractivity contribution in [1.82, 2.24) is 14.9 Å². The summed E-state index contributed by atoms with van der Waals surface area (Å²) in [4.78, 5) is 32.7. The van der Waals surface area contributed by atoms with E-state index in [1.54, 1.807) is 24.4 Å². The minimum atomic E-state index is -0.431. The Hall–Kier alpha value is -3.22. The van der Waals surface area contributed by atoms with E-state index in [0.29, 0.717) is 24.6 Å². The molecule has 0 saturated carbocycles. The van der Waals surface area contributed by atoms with Gasteiger partial charge in [0.25, 0.3) is 5.69 Å². The van der Waals surface area contributed by atoms with Gasteiger partial charge in [-0.25, -0.2) is 4.98 Å². The van der Waals surface area contributed by atoms with Crippen molar-refractivity contribution in [3.63, 3.8) is 0 Å². The summed E-state index contributed by atoms with van der Waals surface area (Å²) in [5.74, 6) is 0.335. The third-order valence-electron chi connectivity index (χ3n) is 5.30. The summed E-state index contributed by atoms with van der Waals surface area (Å²) in [5.41, 5.74) is 2.62. The summed E-state index contributed by atoms with van der Waals surface area (Å²) in [6, 6.07) is 10.5. The van der Waals surface area contributed by atoms with Crippen molar-refractivity contribution in [1.29, 1.82) is 0 Å². The Bertz CT molecular complexity index is 990. The second-order valence-electron chi connectivity index (χ2n) is 6.86. The maximum Gasteiger partial charge on any atom is 0.273 e. The van der Waals surface area contributed by atoms with Crippen LogP contribution in [-0.4, -0.2) is 38.8 Å². The highest BCUT2D eigenvalue weighted by molar-refractivity contribution is 5.81. The Kier molecular flexibility index (Phi) is 4.58. The van der Waals surface area contributed by atoms with Crippen molar-refractivity contribution in [3.05, 3.63) is 70.0 Å². The molecule has 1 saturated heterocycles. The number of H-pyrrole nitrogens is 1. The number of hydrogen-bond acceptors (Lipinski definition) is 4. The van der Waals surface area contributed by atoms with Crippen LogP contribution in [0, 0.1) is 10.1 Å². The van der Waals surface area contributed by atoms with Crippen LogP contribution < -0.4 is 0 Å². The number of piperidine rings is 1. The van der Waals surface area contributed by atoms with Crippen molar-refractivity contribution in [2.24, 2.45) is 0 Å². The number of benzene rings is 1. The van der Waals surface area contributed by atoms with E-state index in [2.05, 4.69) is 16.0 Å². The van der Waals surface area contributed by atoms with E-state index in [0.717, 1.165) is 23.9 Å². The lowest BCUT2D eigenvalue weighted by Crippen LogP contribution is -2.38. The van der Waals surface area contributed by atoms with Gasteiger partial charge >= 0.3 is 0 Å². The summed E-state index contributed by atoms with van der Waals surface area (Å²) in [7, 11) is 0. The van der Waals surface area contributed by atoms with E-state index in [4.69, 9.17) is 0 Å². The minimum Gasteiger partial charge on any atom is -0.346 e. The van der Waals surface area contributed by atoms with Crippen molar-refractivity contribution in [2.75, 3.05) is 13.1 Å². The Balaban J connectivity index is 1.42. The van der Waals surface area contributed by atoms with Crippen LogP contribution in [0.5, 0.6) is 0 Å². The number of aromatic nitrogens is 2. The highest BCUT2D eigenvalue weighted by Gasteiger charge is 2.26. The van der Waals surface area contributed by atoms with Crippen LogP contribution in [-0.2, 0) is 11.2 Å². The molecule has 0 bridgehead atoms. The number of nitrogens with zero attached hydrogens (tertiary/aromatic N) is 3. The lowest BCUT2D eigenvalue weighted by molar-refractivity contribution is -0.385. The Morgan fingerprint density at radius 1 is 1.22 bits per heavy atom. The molecule has 1 aromatic carbocycles. The quantitative estimate of drug-likeness (QED) is 0.567. The predicted octanol–water partition coefficient (Wildman–Crippen LogP) is 3.42. The second kappa shape index (κ2) is 7.19. The van der Waals surface area contributed by atoms with Gasteiger partial charge < -0.3 is 9.88 Å². The SMILES string of the molecule is O=C(Cc1ccccc1[N+](=O)[O-])N1CCC(c2c[nH]c3ncccc23)CC1. The molecule has 0 aliphatic carbocycles. The molecule has 1 amide bonds. The van der Waals surface area contributed by atoms with E-state index < -0.39 is 4.92 Å². The predicted molar refractivity (Wildman–Crippen MR) is 101 cm³/mol. The first-order valence-corrected chi connectivity index (χ1v) is 9.05. The number of aromatic amines is 1. The van der Waals surface area contributed by atoms with E-state index in [9.17, 15) is 14.9 Å². The standard InChI is InChI=1S/C20H20N4O3/c25-19(12-15-4-1-2-6-18(15)24(26)27)23-10-7-14(8-11-23)17-13-22-20-16(17)5-3-9-21-20/h1-6,9,13-14H,7-8,10-12H2,(H,21,22). The molecule has 0 radical (unpaired) electrons. The minimum absolute atomic E-state index is 0.00651. The molecule has 3 aromatic rings. The number of para-hydroxylation sites is 1. The van der Waals surface area contributed by atoms with Gasteiger partial charge in [0.2, 0.25) is 5.91 Å². The van der Waals surface area contributed by atoms with Gasteiger partial charge in [-0.05, 0) is 36.5 Å². The lowest BCUT2D eigenvalue weighted by Gasteiger charge is -2.32. The fourth-order valence-corrected chi connectivity index (χ4v) is 3.87. The first kappa shape index (κ1) is 17.2. The molecule has 1 aliphatic heterocycles. The highest BCUT2D eigenvalue weighted by Crippen LogP contribution is 2.32. The van der Waals surface area contributed by atoms with E-state index in [1.807, 2.05) is 17.2 Å². The molecule has 0 spiro atoms. The van der Waals surface area contributed by atoms with Gasteiger partial charge in [-0.1, -0.05) is 18.2 Å². The second-order valence-corrected chi connectivity index (χ2v) is 6.86. The molecule has 1 N–H and O–H groups in total. The maximum atomic E-state index is 12.6. The molecule has 0 atom stereocenters. The number of hydrogen-bond donors (Lipinski definition) is 1. The van der Waals surface area contributed by atoms with Crippen molar-refractivity contribution >= 4 is 22.6 Å². The molecule has 0 unspecified atom stereocenters. The number of nitro benzene ring substituents is 1. The number of nitrogens with one attached hydrogen (secondary N) is 1. The number of carbonyl (C=O) groups is 1. The molecule has 7 heteroatoms. The van der Waals surface area contributed by atoms with Crippen molar-refractivity contribution in [3.8, 4) is 0 Å². The molecule has 4 rings (SSSR count). The monoisotopic (exact) mass is 364 g/mol. The first-order chi connectivity index (χ1) is 13.1. The lowest BCUT2D eigenvalue weighted by atomic mass is 9.89. The van der Waals surface area contributed by atoms with Crippen LogP contribution in [0.1, 0.15) is 29.9 Å². The number of amides is 1. The Labute approximate surface area is 156 Å². The zero-order chi connectivity index (χ0) is 18.8. The largest absolute Gasteiger partial charge is 0.346 e. The van der Waals surface area contributed by atoms with E-state index >= 15 is 0 Å². The van der Waals surface area contributed by atoms with Crippen LogP contribution in [0.4, 0.5) is 5.69 Å². The Morgan fingerprint density at radius 3 is 2.78 bits per heavy atom. The number of nitro groups is 1. The van der Waals surface area contributed by atoms with Crippen LogP contribution in [0.25, 0.3) is 11.0 Å². The zero-order valence-electron chi connectivity index (χ0n) is 14.8. The molecule has 138 valence electrons. The molecule has 1 fully saturated rings. The van der Waals surface area contributed by atoms with Gasteiger partial charge in [0.1, 0.15) is 5.65 Å². The fourth-order valence-electron chi connectivity index (χ4n) is 3.87. The van der Waals surface area contributed by atoms with Crippen molar-refractivity contribution < 1.29 is 9.72 Å². The van der Waals surface area contributed by atoms with E-state index in [1.165, 1.54) is 11.6 Å². The summed E-state index contributed by atoms with van der Waals surface area (Å²) in [5, 5.41) is 12.3. The Morgan fingerprint density at radius 2 is 2.00 bits per heavy atom. The average Bonchev–Trinajstić information content (AvgIpc) is 3.12. The molecule has 27 heavy (non-hydrogen) atoms. The van der Waals surface area contributed by atoms with Gasteiger partial charge in [-0.3, -0.25) is 14.9 Å². The molecule has 3 heterocycles. The molecule has 2 aromatic heterocycles. The molecule has 1 aliphatic rings. The number of fused-ring (bicyclic) bond motifs is 1. The van der Waals surface area contributed by atoms with Crippen LogP contribution in [0.3, 0.4) is 0 Å². The maximum absolute atomic E-state index is 12.6. The van der Waals surface area contributed by atoms with Crippen molar-refractivity contribution in [2.45, 2.75) is 25.2 Å². The topological polar surface area (TPSA) is 92.1 Å². The van der Waals surface area contributed by atoms with Gasteiger partial charge in [0.15, 0.2) is 0 Å². The fraction of sp³-hybridized carbons (Fsp3) is 0.300. The number of likely N-dealkylation sites (tertiary alicyclic amines) is 1. The van der Waals surface area contributed by atoms with Gasteiger partial charge in [0, 0.05) is 42.5 Å². The molecule has 7 nitrogen and oxygen atoms in total. The van der Waals surface area contributed by atoms with Gasteiger partial charge in [-0.15, -0.1) is 0 Å². The number of carbonyl (C=O) groups excluding carboxylic acids is 1. The average molecular weight is 364 g/mol.